The van der Waals surface area contributed by atoms with E-state index < -0.39 is 0 Å². The number of rotatable bonds is 3. The van der Waals surface area contributed by atoms with Gasteiger partial charge in [-0.2, -0.15) is 0 Å². The van der Waals surface area contributed by atoms with Crippen molar-refractivity contribution < 1.29 is 0 Å². The summed E-state index contributed by atoms with van der Waals surface area (Å²) in [5.74, 6) is 0.354. The summed E-state index contributed by atoms with van der Waals surface area (Å²) < 4.78 is 0. The largest absolute Gasteiger partial charge is 0.0843 e. The van der Waals surface area contributed by atoms with Crippen molar-refractivity contribution in [3.63, 3.8) is 0 Å². The van der Waals surface area contributed by atoms with Gasteiger partial charge in [-0.3, -0.25) is 0 Å². The van der Waals surface area contributed by atoms with Gasteiger partial charge in [0, 0.05) is 16.0 Å². The van der Waals surface area contributed by atoms with E-state index in [-0.39, 0.29) is 0 Å². The van der Waals surface area contributed by atoms with E-state index in [4.69, 9.17) is 23.2 Å². The summed E-state index contributed by atoms with van der Waals surface area (Å²) in [6.07, 6.45) is 1.03. The smallest absolute Gasteiger partial charge is 0.0423 e. The third-order valence-corrected chi connectivity index (χ3v) is 3.33. The molecule has 0 amide bonds. The minimum Gasteiger partial charge on any atom is -0.0843 e. The lowest BCUT2D eigenvalue weighted by Crippen LogP contribution is -1.99. The molecule has 0 aliphatic rings. The molecule has 0 N–H and O–H groups in total. The lowest BCUT2D eigenvalue weighted by Gasteiger charge is -2.16. The quantitative estimate of drug-likeness (QED) is 0.683. The Morgan fingerprint density at radius 1 is 0.882 bits per heavy atom. The Hall–Kier alpha value is -0.980. The molecule has 0 saturated heterocycles. The normalized spacial score (nSPS) is 12.4. The molecule has 2 rings (SSSR count). The Kier molecular flexibility index (Phi) is 4.09. The predicted molar refractivity (Wildman–Crippen MR) is 75.0 cm³/mol. The van der Waals surface area contributed by atoms with E-state index in [1.807, 2.05) is 18.2 Å². The molecule has 0 fully saturated rings. The van der Waals surface area contributed by atoms with E-state index in [1.165, 1.54) is 11.1 Å². The standard InChI is InChI=1S/C15H14Cl2/c1-2-15(11-6-4-3-5-7-11)12-8-13(16)10-14(17)9-12/h3-10,15H,2H2,1H3/t15-/m0/s1. The second kappa shape index (κ2) is 5.57. The second-order valence-corrected chi connectivity index (χ2v) is 4.95. The number of hydrogen-bond donors (Lipinski definition) is 0. The molecule has 0 aromatic heterocycles. The van der Waals surface area contributed by atoms with E-state index in [0.29, 0.717) is 16.0 Å². The highest BCUT2D eigenvalue weighted by Crippen LogP contribution is 2.31. The van der Waals surface area contributed by atoms with Gasteiger partial charge in [-0.1, -0.05) is 60.5 Å². The fraction of sp³-hybridized carbons (Fsp3) is 0.200. The van der Waals surface area contributed by atoms with Gasteiger partial charge in [0.05, 0.1) is 0 Å². The highest BCUT2D eigenvalue weighted by Gasteiger charge is 2.12. The maximum absolute atomic E-state index is 6.05. The van der Waals surface area contributed by atoms with Crippen molar-refractivity contribution >= 4 is 23.2 Å². The van der Waals surface area contributed by atoms with Crippen LogP contribution in [0.25, 0.3) is 0 Å². The van der Waals surface area contributed by atoms with Gasteiger partial charge in [0.25, 0.3) is 0 Å². The molecule has 0 radical (unpaired) electrons. The Balaban J connectivity index is 2.42. The summed E-state index contributed by atoms with van der Waals surface area (Å²) >= 11 is 12.1. The maximum atomic E-state index is 6.05. The van der Waals surface area contributed by atoms with E-state index in [0.717, 1.165) is 6.42 Å². The molecule has 0 unspecified atom stereocenters. The maximum Gasteiger partial charge on any atom is 0.0423 e. The summed E-state index contributed by atoms with van der Waals surface area (Å²) in [5.41, 5.74) is 2.48. The van der Waals surface area contributed by atoms with Crippen LogP contribution in [0.1, 0.15) is 30.4 Å². The topological polar surface area (TPSA) is 0 Å². The Morgan fingerprint density at radius 3 is 2.00 bits per heavy atom. The molecule has 17 heavy (non-hydrogen) atoms. The zero-order valence-electron chi connectivity index (χ0n) is 9.66. The first-order valence-corrected chi connectivity index (χ1v) is 6.47. The summed E-state index contributed by atoms with van der Waals surface area (Å²) in [5, 5.41) is 1.39. The van der Waals surface area contributed by atoms with Crippen molar-refractivity contribution in [2.45, 2.75) is 19.3 Å². The number of halogens is 2. The van der Waals surface area contributed by atoms with Crippen LogP contribution in [0.3, 0.4) is 0 Å². The Labute approximate surface area is 112 Å². The Bertz CT molecular complexity index is 471. The van der Waals surface area contributed by atoms with Crippen LogP contribution in [0.2, 0.25) is 10.0 Å². The van der Waals surface area contributed by atoms with E-state index in [2.05, 4.69) is 31.2 Å². The third kappa shape index (κ3) is 3.02. The van der Waals surface area contributed by atoms with Crippen molar-refractivity contribution in [2.24, 2.45) is 0 Å². The highest BCUT2D eigenvalue weighted by atomic mass is 35.5. The van der Waals surface area contributed by atoms with Crippen molar-refractivity contribution in [1.29, 1.82) is 0 Å². The van der Waals surface area contributed by atoms with Crippen LogP contribution in [0, 0.1) is 0 Å². The molecule has 2 aromatic carbocycles. The lowest BCUT2D eigenvalue weighted by molar-refractivity contribution is 0.777. The van der Waals surface area contributed by atoms with Gasteiger partial charge in [-0.15, -0.1) is 0 Å². The zero-order chi connectivity index (χ0) is 12.3. The van der Waals surface area contributed by atoms with Crippen LogP contribution in [0.5, 0.6) is 0 Å². The third-order valence-electron chi connectivity index (χ3n) is 2.90. The van der Waals surface area contributed by atoms with Crippen LogP contribution in [0.4, 0.5) is 0 Å². The van der Waals surface area contributed by atoms with Crippen molar-refractivity contribution in [3.05, 3.63) is 69.7 Å². The average molecular weight is 265 g/mol. The molecule has 0 bridgehead atoms. The van der Waals surface area contributed by atoms with Gasteiger partial charge >= 0.3 is 0 Å². The second-order valence-electron chi connectivity index (χ2n) is 4.07. The fourth-order valence-electron chi connectivity index (χ4n) is 2.13. The van der Waals surface area contributed by atoms with E-state index in [1.54, 1.807) is 6.07 Å². The first kappa shape index (κ1) is 12.5. The van der Waals surface area contributed by atoms with Gasteiger partial charge in [0.2, 0.25) is 0 Å². The zero-order valence-corrected chi connectivity index (χ0v) is 11.2. The molecular weight excluding hydrogens is 251 g/mol. The highest BCUT2D eigenvalue weighted by molar-refractivity contribution is 6.34. The molecule has 0 aliphatic heterocycles. The minimum atomic E-state index is 0.354. The molecule has 1 atom stereocenters. The summed E-state index contributed by atoms with van der Waals surface area (Å²) in [4.78, 5) is 0. The molecule has 0 aliphatic carbocycles. The van der Waals surface area contributed by atoms with Gasteiger partial charge in [-0.05, 0) is 35.7 Å². The molecule has 88 valence electrons. The van der Waals surface area contributed by atoms with Crippen molar-refractivity contribution in [1.82, 2.24) is 0 Å². The summed E-state index contributed by atoms with van der Waals surface area (Å²) in [6.45, 7) is 2.17. The van der Waals surface area contributed by atoms with Crippen LogP contribution in [-0.2, 0) is 0 Å². The van der Waals surface area contributed by atoms with E-state index >= 15 is 0 Å². The lowest BCUT2D eigenvalue weighted by atomic mass is 9.89. The SMILES string of the molecule is CC[C@@H](c1ccccc1)c1cc(Cl)cc(Cl)c1. The molecule has 2 heteroatoms. The predicted octanol–water partition coefficient (Wildman–Crippen LogP) is 5.54. The average Bonchev–Trinajstić information content (AvgIpc) is 2.30. The number of benzene rings is 2. The van der Waals surface area contributed by atoms with Crippen LogP contribution >= 0.6 is 23.2 Å². The van der Waals surface area contributed by atoms with Gasteiger partial charge < -0.3 is 0 Å². The molecular formula is C15H14Cl2. The van der Waals surface area contributed by atoms with Crippen molar-refractivity contribution in [3.8, 4) is 0 Å². The molecule has 0 heterocycles. The first-order chi connectivity index (χ1) is 8.20. The first-order valence-electron chi connectivity index (χ1n) is 5.71. The Morgan fingerprint density at radius 2 is 1.47 bits per heavy atom. The van der Waals surface area contributed by atoms with Gasteiger partial charge in [-0.25, -0.2) is 0 Å². The number of hydrogen-bond acceptors (Lipinski definition) is 0. The minimum absolute atomic E-state index is 0.354. The van der Waals surface area contributed by atoms with Gasteiger partial charge in [0.15, 0.2) is 0 Å². The molecule has 0 nitrogen and oxygen atoms in total. The monoisotopic (exact) mass is 264 g/mol. The van der Waals surface area contributed by atoms with E-state index in [9.17, 15) is 0 Å². The van der Waals surface area contributed by atoms with Gasteiger partial charge in [0.1, 0.15) is 0 Å². The summed E-state index contributed by atoms with van der Waals surface area (Å²) in [6, 6.07) is 16.2. The summed E-state index contributed by atoms with van der Waals surface area (Å²) in [7, 11) is 0. The molecule has 0 spiro atoms. The van der Waals surface area contributed by atoms with Crippen LogP contribution < -0.4 is 0 Å². The fourth-order valence-corrected chi connectivity index (χ4v) is 2.67. The van der Waals surface area contributed by atoms with Crippen molar-refractivity contribution in [2.75, 3.05) is 0 Å². The molecule has 0 saturated carbocycles. The van der Waals surface area contributed by atoms with Crippen LogP contribution in [0.15, 0.2) is 48.5 Å². The molecule has 2 aromatic rings. The van der Waals surface area contributed by atoms with Crippen LogP contribution in [-0.4, -0.2) is 0 Å².